The fraction of sp³-hybridized carbons (Fsp3) is 0.571. The van der Waals surface area contributed by atoms with Crippen molar-refractivity contribution >= 4 is 35.5 Å². The number of nitrogens with one attached hydrogen (secondary N) is 1. The van der Waals surface area contributed by atoms with Crippen LogP contribution < -0.4 is 5.32 Å². The molecule has 150 valence electrons. The molecule has 1 aromatic rings. The predicted molar refractivity (Wildman–Crippen MR) is 124 cm³/mol. The second-order valence-corrected chi connectivity index (χ2v) is 6.83. The maximum absolute atomic E-state index is 5.40. The van der Waals surface area contributed by atoms with Gasteiger partial charge in [-0.1, -0.05) is 36.4 Å². The summed E-state index contributed by atoms with van der Waals surface area (Å²) >= 11 is 0. The fourth-order valence-electron chi connectivity index (χ4n) is 3.51. The molecule has 27 heavy (non-hydrogen) atoms. The number of guanidine groups is 1. The standard InChI is InChI=1S/C21H32N4O.HI/c1-2-22-21(23-11-6-12-24-15-17-26-18-16-24)25-13-9-20(10-14-25)19-7-4-3-5-8-19;/h3-5,7-9H,2,6,10-18H2,1H3,(H,22,23);1H. The molecule has 1 N–H and O–H groups in total. The fourth-order valence-corrected chi connectivity index (χ4v) is 3.51. The zero-order chi connectivity index (χ0) is 18.0. The van der Waals surface area contributed by atoms with Crippen molar-refractivity contribution in [3.63, 3.8) is 0 Å². The zero-order valence-corrected chi connectivity index (χ0v) is 18.7. The van der Waals surface area contributed by atoms with Gasteiger partial charge in [-0.05, 0) is 30.9 Å². The largest absolute Gasteiger partial charge is 0.379 e. The van der Waals surface area contributed by atoms with Gasteiger partial charge < -0.3 is 15.0 Å². The Labute approximate surface area is 180 Å². The van der Waals surface area contributed by atoms with E-state index < -0.39 is 0 Å². The molecule has 5 nitrogen and oxygen atoms in total. The second-order valence-electron chi connectivity index (χ2n) is 6.83. The Morgan fingerprint density at radius 2 is 1.93 bits per heavy atom. The van der Waals surface area contributed by atoms with Gasteiger partial charge in [0.05, 0.1) is 13.2 Å². The van der Waals surface area contributed by atoms with Crippen molar-refractivity contribution in [2.24, 2.45) is 4.99 Å². The monoisotopic (exact) mass is 484 g/mol. The lowest BCUT2D eigenvalue weighted by Gasteiger charge is -2.30. The first kappa shape index (κ1) is 22.2. The number of aliphatic imine (C=N–C) groups is 1. The molecule has 1 fully saturated rings. The van der Waals surface area contributed by atoms with Crippen LogP contribution in [0, 0.1) is 0 Å². The van der Waals surface area contributed by atoms with Gasteiger partial charge in [0.25, 0.3) is 0 Å². The van der Waals surface area contributed by atoms with Gasteiger partial charge in [-0.3, -0.25) is 9.89 Å². The first-order valence-corrected chi connectivity index (χ1v) is 9.94. The van der Waals surface area contributed by atoms with Crippen LogP contribution in [0.25, 0.3) is 5.57 Å². The number of halogens is 1. The molecular formula is C21H33IN4O. The first-order chi connectivity index (χ1) is 12.9. The number of ether oxygens (including phenoxy) is 1. The van der Waals surface area contributed by atoms with Crippen molar-refractivity contribution in [2.45, 2.75) is 19.8 Å². The maximum Gasteiger partial charge on any atom is 0.194 e. The molecule has 0 saturated carbocycles. The number of rotatable bonds is 6. The van der Waals surface area contributed by atoms with Gasteiger partial charge in [-0.2, -0.15) is 0 Å². The molecule has 2 aliphatic heterocycles. The lowest BCUT2D eigenvalue weighted by molar-refractivity contribution is 0.0377. The van der Waals surface area contributed by atoms with E-state index in [0.717, 1.165) is 77.8 Å². The Bertz CT molecular complexity index is 599. The van der Waals surface area contributed by atoms with Crippen molar-refractivity contribution in [1.82, 2.24) is 15.1 Å². The van der Waals surface area contributed by atoms with Crippen molar-refractivity contribution in [1.29, 1.82) is 0 Å². The molecule has 0 unspecified atom stereocenters. The van der Waals surface area contributed by atoms with Gasteiger partial charge >= 0.3 is 0 Å². The van der Waals surface area contributed by atoms with E-state index in [1.54, 1.807) is 0 Å². The van der Waals surface area contributed by atoms with Crippen molar-refractivity contribution < 1.29 is 4.74 Å². The van der Waals surface area contributed by atoms with E-state index in [1.807, 2.05) is 0 Å². The third kappa shape index (κ3) is 7.08. The number of morpholine rings is 1. The average molecular weight is 484 g/mol. The van der Waals surface area contributed by atoms with Gasteiger partial charge in [0.15, 0.2) is 5.96 Å². The third-order valence-electron chi connectivity index (χ3n) is 4.99. The van der Waals surface area contributed by atoms with Crippen LogP contribution in [0.4, 0.5) is 0 Å². The highest BCUT2D eigenvalue weighted by Crippen LogP contribution is 2.21. The van der Waals surface area contributed by atoms with E-state index >= 15 is 0 Å². The smallest absolute Gasteiger partial charge is 0.194 e. The summed E-state index contributed by atoms with van der Waals surface area (Å²) < 4.78 is 5.40. The van der Waals surface area contributed by atoms with Crippen LogP contribution in [0.5, 0.6) is 0 Å². The van der Waals surface area contributed by atoms with E-state index in [9.17, 15) is 0 Å². The number of nitrogens with zero attached hydrogens (tertiary/aromatic N) is 3. The Balaban J connectivity index is 0.00000261. The molecule has 6 heteroatoms. The van der Waals surface area contributed by atoms with Gasteiger partial charge in [0.2, 0.25) is 0 Å². The maximum atomic E-state index is 5.40. The second kappa shape index (κ2) is 12.4. The molecule has 0 aromatic heterocycles. The van der Waals surface area contributed by atoms with E-state index in [4.69, 9.17) is 9.73 Å². The van der Waals surface area contributed by atoms with Crippen molar-refractivity contribution in [3.05, 3.63) is 42.0 Å². The minimum Gasteiger partial charge on any atom is -0.379 e. The lowest BCUT2D eigenvalue weighted by Crippen LogP contribution is -2.43. The first-order valence-electron chi connectivity index (χ1n) is 9.94. The molecule has 3 rings (SSSR count). The third-order valence-corrected chi connectivity index (χ3v) is 4.99. The minimum atomic E-state index is 0. The topological polar surface area (TPSA) is 40.1 Å². The van der Waals surface area contributed by atoms with Crippen molar-refractivity contribution in [2.75, 3.05) is 59.0 Å². The Hall–Kier alpha value is -1.12. The number of hydrogen-bond acceptors (Lipinski definition) is 3. The molecule has 1 aromatic carbocycles. The van der Waals surface area contributed by atoms with Gasteiger partial charge in [-0.15, -0.1) is 24.0 Å². The summed E-state index contributed by atoms with van der Waals surface area (Å²) in [6, 6.07) is 10.7. The van der Waals surface area contributed by atoms with E-state index in [-0.39, 0.29) is 24.0 Å². The summed E-state index contributed by atoms with van der Waals surface area (Å²) in [5.41, 5.74) is 2.80. The summed E-state index contributed by atoms with van der Waals surface area (Å²) in [6.07, 6.45) is 4.52. The van der Waals surface area contributed by atoms with Gasteiger partial charge in [0, 0.05) is 45.8 Å². The summed E-state index contributed by atoms with van der Waals surface area (Å²) in [6.45, 7) is 10.9. The Kier molecular flexibility index (Phi) is 10.2. The van der Waals surface area contributed by atoms with Gasteiger partial charge in [0.1, 0.15) is 0 Å². The van der Waals surface area contributed by atoms with Crippen LogP contribution in [0.3, 0.4) is 0 Å². The highest BCUT2D eigenvalue weighted by atomic mass is 127. The minimum absolute atomic E-state index is 0. The summed E-state index contributed by atoms with van der Waals surface area (Å²) in [7, 11) is 0. The van der Waals surface area contributed by atoms with Gasteiger partial charge in [-0.25, -0.2) is 0 Å². The van der Waals surface area contributed by atoms with Crippen LogP contribution in [0.15, 0.2) is 41.4 Å². The molecule has 1 saturated heterocycles. The number of hydrogen-bond donors (Lipinski definition) is 1. The molecule has 0 radical (unpaired) electrons. The quantitative estimate of drug-likeness (QED) is 0.292. The van der Waals surface area contributed by atoms with E-state index in [1.165, 1.54) is 11.1 Å². The SMILES string of the molecule is CCNC(=NCCCN1CCOCC1)N1CC=C(c2ccccc2)CC1.I. The molecule has 0 atom stereocenters. The summed E-state index contributed by atoms with van der Waals surface area (Å²) in [5.74, 6) is 1.05. The molecule has 0 amide bonds. The van der Waals surface area contributed by atoms with E-state index in [0.29, 0.717) is 0 Å². The lowest BCUT2D eigenvalue weighted by atomic mass is 10.00. The molecule has 2 heterocycles. The highest BCUT2D eigenvalue weighted by Gasteiger charge is 2.16. The Morgan fingerprint density at radius 1 is 1.15 bits per heavy atom. The number of benzene rings is 1. The highest BCUT2D eigenvalue weighted by molar-refractivity contribution is 14.0. The zero-order valence-electron chi connectivity index (χ0n) is 16.4. The Morgan fingerprint density at radius 3 is 2.59 bits per heavy atom. The normalized spacial score (nSPS) is 18.6. The van der Waals surface area contributed by atoms with E-state index in [2.05, 4.69) is 58.4 Å². The summed E-state index contributed by atoms with van der Waals surface area (Å²) in [4.78, 5) is 9.70. The van der Waals surface area contributed by atoms with Crippen LogP contribution in [0.2, 0.25) is 0 Å². The van der Waals surface area contributed by atoms with Crippen LogP contribution >= 0.6 is 24.0 Å². The van der Waals surface area contributed by atoms with Crippen LogP contribution in [0.1, 0.15) is 25.3 Å². The van der Waals surface area contributed by atoms with Crippen molar-refractivity contribution in [3.8, 4) is 0 Å². The molecule has 0 spiro atoms. The molecule has 0 aliphatic carbocycles. The van der Waals surface area contributed by atoms with Crippen LogP contribution in [-0.2, 0) is 4.74 Å². The molecule has 0 bridgehead atoms. The average Bonchev–Trinajstić information content (AvgIpc) is 2.72. The summed E-state index contributed by atoms with van der Waals surface area (Å²) in [5, 5.41) is 3.46. The molecule has 2 aliphatic rings. The molecular weight excluding hydrogens is 451 g/mol. The predicted octanol–water partition coefficient (Wildman–Crippen LogP) is 3.08. The van der Waals surface area contributed by atoms with Crippen LogP contribution in [-0.4, -0.2) is 74.8 Å².